The molecular formula is C14H22N2O5S. The van der Waals surface area contributed by atoms with Gasteiger partial charge in [-0.15, -0.1) is 0 Å². The second-order valence-corrected chi connectivity index (χ2v) is 7.48. The van der Waals surface area contributed by atoms with Crippen LogP contribution in [0.5, 0.6) is 0 Å². The van der Waals surface area contributed by atoms with Crippen molar-refractivity contribution in [2.24, 2.45) is 0 Å². The molecule has 0 aromatic carbocycles. The quantitative estimate of drug-likeness (QED) is 0.767. The average Bonchev–Trinajstić information content (AvgIpc) is 2.35. The largest absolute Gasteiger partial charge is 0.443 e. The molecule has 0 spiro atoms. The first-order valence-electron chi connectivity index (χ1n) is 6.74. The van der Waals surface area contributed by atoms with Gasteiger partial charge in [0.2, 0.25) is 0 Å². The van der Waals surface area contributed by atoms with Gasteiger partial charge < -0.3 is 4.74 Å². The van der Waals surface area contributed by atoms with Crippen LogP contribution in [0.25, 0.3) is 0 Å². The lowest BCUT2D eigenvalue weighted by molar-refractivity contribution is 0.0588. The number of ether oxygens (including phenoxy) is 1. The zero-order valence-electron chi connectivity index (χ0n) is 13.5. The fourth-order valence-electron chi connectivity index (χ4n) is 1.50. The first kappa shape index (κ1) is 18.4. The molecule has 1 heterocycles. The molecule has 1 rings (SSSR count). The number of anilines is 1. The Labute approximate surface area is 131 Å². The summed E-state index contributed by atoms with van der Waals surface area (Å²) in [5, 5.41) is 0. The van der Waals surface area contributed by atoms with E-state index in [1.807, 2.05) is 0 Å². The highest BCUT2D eigenvalue weighted by Gasteiger charge is 2.21. The number of hydrogen-bond donors (Lipinski definition) is 0. The summed E-state index contributed by atoms with van der Waals surface area (Å²) >= 11 is 0. The number of amides is 1. The molecule has 0 N–H and O–H groups in total. The maximum atomic E-state index is 11.9. The predicted molar refractivity (Wildman–Crippen MR) is 83.4 cm³/mol. The molecule has 0 fully saturated rings. The van der Waals surface area contributed by atoms with Gasteiger partial charge in [-0.3, -0.25) is 9.08 Å². The molecule has 22 heavy (non-hydrogen) atoms. The number of hydrogen-bond acceptors (Lipinski definition) is 6. The van der Waals surface area contributed by atoms with Gasteiger partial charge >= 0.3 is 6.09 Å². The minimum atomic E-state index is -3.43. The van der Waals surface area contributed by atoms with Crippen LogP contribution in [0.15, 0.2) is 18.3 Å². The van der Waals surface area contributed by atoms with Crippen LogP contribution in [0.4, 0.5) is 10.6 Å². The molecule has 1 aromatic rings. The zero-order chi connectivity index (χ0) is 17.0. The summed E-state index contributed by atoms with van der Waals surface area (Å²) in [6.45, 7) is 5.42. The van der Waals surface area contributed by atoms with Gasteiger partial charge in [-0.05, 0) is 38.8 Å². The number of pyridine rings is 1. The standard InChI is InChI=1S/C14H22N2O5S/c1-14(2,3)21-13(17)16(4)12-7-6-11(10-15-12)8-9-20-22(5,18)19/h6-7,10H,8-9H2,1-5H3. The van der Waals surface area contributed by atoms with Gasteiger partial charge in [0, 0.05) is 13.2 Å². The molecule has 1 aromatic heterocycles. The molecular weight excluding hydrogens is 308 g/mol. The Bertz CT molecular complexity index is 605. The highest BCUT2D eigenvalue weighted by Crippen LogP contribution is 2.15. The summed E-state index contributed by atoms with van der Waals surface area (Å²) in [7, 11) is -1.86. The Balaban J connectivity index is 2.62. The smallest absolute Gasteiger partial charge is 0.415 e. The lowest BCUT2D eigenvalue weighted by Gasteiger charge is -2.24. The van der Waals surface area contributed by atoms with Crippen molar-refractivity contribution in [3.63, 3.8) is 0 Å². The molecule has 8 heteroatoms. The minimum Gasteiger partial charge on any atom is -0.443 e. The predicted octanol–water partition coefficient (Wildman–Crippen LogP) is 1.97. The SMILES string of the molecule is CN(C(=O)OC(C)(C)C)c1ccc(CCOS(C)(=O)=O)cn1. The van der Waals surface area contributed by atoms with Crippen molar-refractivity contribution < 1.29 is 22.1 Å². The van der Waals surface area contributed by atoms with Gasteiger partial charge in [0.15, 0.2) is 0 Å². The number of rotatable bonds is 5. The third-order valence-electron chi connectivity index (χ3n) is 2.51. The van der Waals surface area contributed by atoms with E-state index in [4.69, 9.17) is 4.74 Å². The van der Waals surface area contributed by atoms with Crippen LogP contribution in [0.3, 0.4) is 0 Å². The number of nitrogens with zero attached hydrogens (tertiary/aromatic N) is 2. The third kappa shape index (κ3) is 6.86. The lowest BCUT2D eigenvalue weighted by atomic mass is 10.2. The minimum absolute atomic E-state index is 0.0573. The summed E-state index contributed by atoms with van der Waals surface area (Å²) < 4.78 is 31.6. The second kappa shape index (κ2) is 7.06. The third-order valence-corrected chi connectivity index (χ3v) is 3.10. The van der Waals surface area contributed by atoms with Crippen LogP contribution in [0, 0.1) is 0 Å². The molecule has 0 bridgehead atoms. The summed E-state index contributed by atoms with van der Waals surface area (Å²) in [6.07, 6.45) is 2.50. The fraction of sp³-hybridized carbons (Fsp3) is 0.571. The van der Waals surface area contributed by atoms with E-state index in [2.05, 4.69) is 9.17 Å². The summed E-state index contributed by atoms with van der Waals surface area (Å²) in [5.41, 5.74) is 0.235. The number of aromatic nitrogens is 1. The Hall–Kier alpha value is -1.67. The van der Waals surface area contributed by atoms with E-state index in [1.165, 1.54) is 4.90 Å². The van der Waals surface area contributed by atoms with Crippen molar-refractivity contribution >= 4 is 22.0 Å². The molecule has 7 nitrogen and oxygen atoms in total. The van der Waals surface area contributed by atoms with Crippen molar-refractivity contribution in [1.82, 2.24) is 4.98 Å². The Morgan fingerprint density at radius 2 is 1.95 bits per heavy atom. The monoisotopic (exact) mass is 330 g/mol. The van der Waals surface area contributed by atoms with E-state index >= 15 is 0 Å². The zero-order valence-corrected chi connectivity index (χ0v) is 14.3. The van der Waals surface area contributed by atoms with Gasteiger partial charge in [-0.1, -0.05) is 6.07 Å². The van der Waals surface area contributed by atoms with Crippen molar-refractivity contribution in [2.75, 3.05) is 24.8 Å². The molecule has 0 saturated heterocycles. The second-order valence-electron chi connectivity index (χ2n) is 5.84. The first-order chi connectivity index (χ1) is 9.98. The molecule has 0 radical (unpaired) electrons. The van der Waals surface area contributed by atoms with Crippen LogP contribution >= 0.6 is 0 Å². The normalized spacial score (nSPS) is 12.0. The fourth-order valence-corrected chi connectivity index (χ4v) is 1.88. The van der Waals surface area contributed by atoms with Gasteiger partial charge in [0.05, 0.1) is 12.9 Å². The average molecular weight is 330 g/mol. The first-order valence-corrected chi connectivity index (χ1v) is 8.55. The van der Waals surface area contributed by atoms with Gasteiger partial charge in [-0.2, -0.15) is 8.42 Å². The van der Waals surface area contributed by atoms with Gasteiger partial charge in [0.1, 0.15) is 11.4 Å². The highest BCUT2D eigenvalue weighted by atomic mass is 32.2. The summed E-state index contributed by atoms with van der Waals surface area (Å²) in [4.78, 5) is 17.4. The van der Waals surface area contributed by atoms with Crippen LogP contribution in [-0.4, -0.2) is 45.0 Å². The Morgan fingerprint density at radius 1 is 1.32 bits per heavy atom. The van der Waals surface area contributed by atoms with Crippen molar-refractivity contribution in [3.8, 4) is 0 Å². The maximum absolute atomic E-state index is 11.9. The van der Waals surface area contributed by atoms with Crippen molar-refractivity contribution in [3.05, 3.63) is 23.9 Å². The van der Waals surface area contributed by atoms with E-state index in [-0.39, 0.29) is 6.61 Å². The van der Waals surface area contributed by atoms with Crippen molar-refractivity contribution in [2.45, 2.75) is 32.8 Å². The number of carbonyl (C=O) groups is 1. The molecule has 0 aliphatic rings. The van der Waals surface area contributed by atoms with Crippen LogP contribution in [0.2, 0.25) is 0 Å². The molecule has 0 aliphatic heterocycles. The Morgan fingerprint density at radius 3 is 2.41 bits per heavy atom. The van der Waals surface area contributed by atoms with Crippen LogP contribution < -0.4 is 4.90 Å². The van der Waals surface area contributed by atoms with E-state index < -0.39 is 21.8 Å². The summed E-state index contributed by atoms with van der Waals surface area (Å²) in [5.74, 6) is 0.446. The molecule has 0 aliphatic carbocycles. The Kier molecular flexibility index (Phi) is 5.90. The molecule has 0 atom stereocenters. The molecule has 1 amide bonds. The maximum Gasteiger partial charge on any atom is 0.415 e. The van der Waals surface area contributed by atoms with Gasteiger partial charge in [0.25, 0.3) is 10.1 Å². The molecule has 0 saturated carbocycles. The van der Waals surface area contributed by atoms with E-state index in [1.54, 1.807) is 46.1 Å². The molecule has 124 valence electrons. The molecule has 0 unspecified atom stereocenters. The topological polar surface area (TPSA) is 85.8 Å². The lowest BCUT2D eigenvalue weighted by Crippen LogP contribution is -2.34. The highest BCUT2D eigenvalue weighted by molar-refractivity contribution is 7.85. The van der Waals surface area contributed by atoms with Crippen LogP contribution in [-0.2, 0) is 25.5 Å². The van der Waals surface area contributed by atoms with E-state index in [0.717, 1.165) is 11.8 Å². The van der Waals surface area contributed by atoms with Gasteiger partial charge in [-0.25, -0.2) is 9.78 Å². The number of carbonyl (C=O) groups excluding carboxylic acids is 1. The van der Waals surface area contributed by atoms with Crippen LogP contribution in [0.1, 0.15) is 26.3 Å². The van der Waals surface area contributed by atoms with Crippen molar-refractivity contribution in [1.29, 1.82) is 0 Å². The van der Waals surface area contributed by atoms with E-state index in [9.17, 15) is 13.2 Å². The summed E-state index contributed by atoms with van der Waals surface area (Å²) in [6, 6.07) is 3.43. The van der Waals surface area contributed by atoms with E-state index in [0.29, 0.717) is 12.2 Å².